The van der Waals surface area contributed by atoms with Gasteiger partial charge in [0.15, 0.2) is 11.5 Å². The van der Waals surface area contributed by atoms with Gasteiger partial charge in [0.1, 0.15) is 5.82 Å². The molecule has 3 rings (SSSR count). The normalized spacial score (nSPS) is 10.2. The van der Waals surface area contributed by atoms with Crippen molar-refractivity contribution in [3.63, 3.8) is 0 Å². The Balaban J connectivity index is 0.00000280. The van der Waals surface area contributed by atoms with Gasteiger partial charge in [-0.05, 0) is 36.2 Å². The molecule has 1 heterocycles. The summed E-state index contributed by atoms with van der Waals surface area (Å²) in [7, 11) is 3.25. The van der Waals surface area contributed by atoms with Crippen molar-refractivity contribution in [2.24, 2.45) is 0 Å². The van der Waals surface area contributed by atoms with Crippen LogP contribution in [0.1, 0.15) is 5.56 Å². The predicted octanol–water partition coefficient (Wildman–Crippen LogP) is 3.13. The molecule has 0 fully saturated rings. The summed E-state index contributed by atoms with van der Waals surface area (Å²) in [6.45, 7) is 1.15. The van der Waals surface area contributed by atoms with Gasteiger partial charge in [0.25, 0.3) is 0 Å². The van der Waals surface area contributed by atoms with Crippen molar-refractivity contribution >= 4 is 35.1 Å². The molecule has 0 atom stereocenters. The van der Waals surface area contributed by atoms with E-state index in [0.29, 0.717) is 36.4 Å². The number of benzene rings is 2. The van der Waals surface area contributed by atoms with Crippen LogP contribution in [0.5, 0.6) is 11.5 Å². The monoisotopic (exact) mass is 404 g/mol. The largest absolute Gasteiger partial charge is 0.493 e. The van der Waals surface area contributed by atoms with Gasteiger partial charge in [0, 0.05) is 18.5 Å². The highest BCUT2D eigenvalue weighted by Crippen LogP contribution is 2.27. The van der Waals surface area contributed by atoms with Gasteiger partial charge in [-0.2, -0.15) is 4.98 Å². The molecular formula is C20H25ClN4O3. The van der Waals surface area contributed by atoms with E-state index in [1.54, 1.807) is 14.2 Å². The number of para-hydroxylation sites is 1. The molecule has 0 radical (unpaired) electrons. The van der Waals surface area contributed by atoms with E-state index in [1.165, 1.54) is 0 Å². The molecule has 0 saturated carbocycles. The van der Waals surface area contributed by atoms with Crippen LogP contribution in [0, 0.1) is 0 Å². The highest BCUT2D eigenvalue weighted by molar-refractivity contribution is 5.90. The average molecular weight is 405 g/mol. The lowest BCUT2D eigenvalue weighted by atomic mass is 10.1. The second-order valence-corrected chi connectivity index (χ2v) is 5.93. The molecular weight excluding hydrogens is 380 g/mol. The minimum absolute atomic E-state index is 0. The summed E-state index contributed by atoms with van der Waals surface area (Å²) in [6, 6.07) is 13.7. The van der Waals surface area contributed by atoms with Crippen molar-refractivity contribution in [2.45, 2.75) is 6.42 Å². The van der Waals surface area contributed by atoms with Gasteiger partial charge in [0.05, 0.1) is 26.3 Å². The molecule has 3 N–H and O–H groups in total. The molecule has 0 spiro atoms. The molecule has 0 bridgehead atoms. The van der Waals surface area contributed by atoms with Crippen LogP contribution in [0.4, 0.5) is 11.8 Å². The fraction of sp³-hybridized carbons (Fsp3) is 0.300. The topological polar surface area (TPSA) is 88.5 Å². The third kappa shape index (κ3) is 5.15. The summed E-state index contributed by atoms with van der Waals surface area (Å²) in [5.41, 5.74) is 1.97. The lowest BCUT2D eigenvalue weighted by Crippen LogP contribution is -2.12. The number of aliphatic hydroxyl groups excluding tert-OH is 1. The van der Waals surface area contributed by atoms with E-state index in [2.05, 4.69) is 20.6 Å². The van der Waals surface area contributed by atoms with Crippen LogP contribution in [0.2, 0.25) is 0 Å². The standard InChI is InChI=1S/C20H24N4O3.ClH/c1-26-17-8-7-14(13-18(17)27-2)9-10-22-20-23-16-6-4-3-5-15(16)19(24-20)21-11-12-25;/h3-8,13,25H,9-12H2,1-2H3,(H2,21,22,23,24);1H. The highest BCUT2D eigenvalue weighted by Gasteiger charge is 2.08. The smallest absolute Gasteiger partial charge is 0.225 e. The zero-order chi connectivity index (χ0) is 19.1. The first-order valence-electron chi connectivity index (χ1n) is 8.81. The van der Waals surface area contributed by atoms with Crippen LogP contribution < -0.4 is 20.1 Å². The molecule has 0 amide bonds. The Morgan fingerprint density at radius 2 is 1.71 bits per heavy atom. The first kappa shape index (κ1) is 21.5. The number of rotatable bonds is 9. The van der Waals surface area contributed by atoms with E-state index >= 15 is 0 Å². The number of anilines is 2. The van der Waals surface area contributed by atoms with Crippen molar-refractivity contribution in [1.82, 2.24) is 9.97 Å². The molecule has 8 heteroatoms. The molecule has 0 aliphatic carbocycles. The number of hydrogen-bond donors (Lipinski definition) is 3. The van der Waals surface area contributed by atoms with E-state index in [-0.39, 0.29) is 19.0 Å². The number of nitrogens with one attached hydrogen (secondary N) is 2. The SMILES string of the molecule is COc1ccc(CCNc2nc(NCCO)c3ccccc3n2)cc1OC.Cl. The molecule has 3 aromatic rings. The van der Waals surface area contributed by atoms with Crippen LogP contribution in [-0.4, -0.2) is 49.0 Å². The lowest BCUT2D eigenvalue weighted by molar-refractivity contribution is 0.311. The Bertz CT molecular complexity index is 908. The number of ether oxygens (including phenoxy) is 2. The molecule has 0 saturated heterocycles. The minimum Gasteiger partial charge on any atom is -0.493 e. The third-order valence-corrected chi connectivity index (χ3v) is 4.15. The summed E-state index contributed by atoms with van der Waals surface area (Å²) in [5.74, 6) is 2.69. The van der Waals surface area contributed by atoms with Crippen LogP contribution in [0.15, 0.2) is 42.5 Å². The lowest BCUT2D eigenvalue weighted by Gasteiger charge is -2.12. The molecule has 28 heavy (non-hydrogen) atoms. The Kier molecular flexibility index (Phi) is 8.10. The van der Waals surface area contributed by atoms with Crippen molar-refractivity contribution < 1.29 is 14.6 Å². The van der Waals surface area contributed by atoms with Crippen LogP contribution in [-0.2, 0) is 6.42 Å². The van der Waals surface area contributed by atoms with E-state index in [0.717, 1.165) is 22.9 Å². The Labute approximate surface area is 170 Å². The van der Waals surface area contributed by atoms with Gasteiger partial charge in [-0.25, -0.2) is 4.98 Å². The van der Waals surface area contributed by atoms with Crippen LogP contribution >= 0.6 is 12.4 Å². The predicted molar refractivity (Wildman–Crippen MR) is 114 cm³/mol. The number of methoxy groups -OCH3 is 2. The fourth-order valence-electron chi connectivity index (χ4n) is 2.82. The first-order valence-corrected chi connectivity index (χ1v) is 8.81. The van der Waals surface area contributed by atoms with Crippen molar-refractivity contribution in [3.8, 4) is 11.5 Å². The van der Waals surface area contributed by atoms with Crippen molar-refractivity contribution in [3.05, 3.63) is 48.0 Å². The Morgan fingerprint density at radius 3 is 2.46 bits per heavy atom. The maximum atomic E-state index is 9.08. The van der Waals surface area contributed by atoms with Crippen molar-refractivity contribution in [2.75, 3.05) is 44.5 Å². The third-order valence-electron chi connectivity index (χ3n) is 4.15. The average Bonchev–Trinajstić information content (AvgIpc) is 2.71. The van der Waals surface area contributed by atoms with Gasteiger partial charge < -0.3 is 25.2 Å². The maximum absolute atomic E-state index is 9.08. The summed E-state index contributed by atoms with van der Waals surface area (Å²) in [6.07, 6.45) is 0.788. The van der Waals surface area contributed by atoms with E-state index in [4.69, 9.17) is 14.6 Å². The minimum atomic E-state index is 0. The maximum Gasteiger partial charge on any atom is 0.225 e. The number of halogens is 1. The van der Waals surface area contributed by atoms with Gasteiger partial charge in [-0.15, -0.1) is 12.4 Å². The molecule has 150 valence electrons. The molecule has 0 aliphatic heterocycles. The van der Waals surface area contributed by atoms with Gasteiger partial charge in [0.2, 0.25) is 5.95 Å². The second-order valence-electron chi connectivity index (χ2n) is 5.93. The summed E-state index contributed by atoms with van der Waals surface area (Å²) >= 11 is 0. The van der Waals surface area contributed by atoms with Gasteiger partial charge in [-0.3, -0.25) is 0 Å². The molecule has 2 aromatic carbocycles. The Hall–Kier alpha value is -2.77. The summed E-state index contributed by atoms with van der Waals surface area (Å²) in [5, 5.41) is 16.4. The Morgan fingerprint density at radius 1 is 0.929 bits per heavy atom. The summed E-state index contributed by atoms with van der Waals surface area (Å²) in [4.78, 5) is 9.11. The number of aromatic nitrogens is 2. The highest BCUT2D eigenvalue weighted by atomic mass is 35.5. The van der Waals surface area contributed by atoms with E-state index in [9.17, 15) is 0 Å². The van der Waals surface area contributed by atoms with Crippen LogP contribution in [0.3, 0.4) is 0 Å². The van der Waals surface area contributed by atoms with Crippen LogP contribution in [0.25, 0.3) is 10.9 Å². The first-order chi connectivity index (χ1) is 13.2. The molecule has 1 aromatic heterocycles. The zero-order valence-corrected chi connectivity index (χ0v) is 16.8. The van der Waals surface area contributed by atoms with E-state index in [1.807, 2.05) is 42.5 Å². The fourth-order valence-corrected chi connectivity index (χ4v) is 2.82. The zero-order valence-electron chi connectivity index (χ0n) is 15.9. The number of nitrogens with zero attached hydrogens (tertiary/aromatic N) is 2. The molecule has 7 nitrogen and oxygen atoms in total. The number of aliphatic hydroxyl groups is 1. The summed E-state index contributed by atoms with van der Waals surface area (Å²) < 4.78 is 10.6. The molecule has 0 unspecified atom stereocenters. The van der Waals surface area contributed by atoms with Gasteiger partial charge >= 0.3 is 0 Å². The number of fused-ring (bicyclic) bond motifs is 1. The van der Waals surface area contributed by atoms with Gasteiger partial charge in [-0.1, -0.05) is 18.2 Å². The quantitative estimate of drug-likeness (QED) is 0.505. The second kappa shape index (κ2) is 10.5. The number of hydrogen-bond acceptors (Lipinski definition) is 7. The van der Waals surface area contributed by atoms with E-state index < -0.39 is 0 Å². The molecule has 0 aliphatic rings. The van der Waals surface area contributed by atoms with Crippen molar-refractivity contribution in [1.29, 1.82) is 0 Å².